The lowest BCUT2D eigenvalue weighted by molar-refractivity contribution is 0.332. The first-order chi connectivity index (χ1) is 33.9. The van der Waals surface area contributed by atoms with E-state index < -0.39 is 0 Å². The summed E-state index contributed by atoms with van der Waals surface area (Å²) in [4.78, 5) is 2.47. The Hall–Kier alpha value is -5.60. The lowest BCUT2D eigenvalue weighted by Gasteiger charge is -2.44. The molecule has 1 heterocycles. The molecule has 0 N–H and O–H groups in total. The third kappa shape index (κ3) is 8.71. The molecule has 2 atom stereocenters. The van der Waals surface area contributed by atoms with Crippen LogP contribution in [0.25, 0.3) is 0 Å². The lowest BCUT2D eigenvalue weighted by Crippen LogP contribution is -2.60. The second-order valence-corrected chi connectivity index (χ2v) is 26.5. The van der Waals surface area contributed by atoms with Gasteiger partial charge in [-0.3, -0.25) is 0 Å². The summed E-state index contributed by atoms with van der Waals surface area (Å²) >= 11 is 0. The molecule has 72 heavy (non-hydrogen) atoms. The maximum Gasteiger partial charge on any atom is 0.242 e. The molecule has 0 saturated heterocycles. The number of hydrogen-bond donors (Lipinski definition) is 0. The number of anilines is 3. The Morgan fingerprint density at radius 2 is 1.11 bits per heavy atom. The number of para-hydroxylation sites is 2. The molecule has 2 aliphatic carbocycles. The van der Waals surface area contributed by atoms with Crippen molar-refractivity contribution in [2.75, 3.05) is 4.90 Å². The first-order valence-electron chi connectivity index (χ1n) is 27.5. The molecule has 3 aliphatic rings. The van der Waals surface area contributed by atoms with E-state index in [1.807, 2.05) is 0 Å². The molecule has 0 amide bonds. The second-order valence-electron chi connectivity index (χ2n) is 26.5. The zero-order valence-electron chi connectivity index (χ0n) is 46.9. The van der Waals surface area contributed by atoms with E-state index in [4.69, 9.17) is 0 Å². The van der Waals surface area contributed by atoms with Crippen LogP contribution in [-0.4, -0.2) is 6.71 Å². The van der Waals surface area contributed by atoms with E-state index >= 15 is 0 Å². The average molecular weight is 948 g/mol. The summed E-state index contributed by atoms with van der Waals surface area (Å²) in [6.45, 7) is 38.9. The molecule has 0 bridgehead atoms. The van der Waals surface area contributed by atoms with E-state index in [9.17, 15) is 0 Å². The van der Waals surface area contributed by atoms with Gasteiger partial charge < -0.3 is 4.90 Å². The molecule has 0 spiro atoms. The van der Waals surface area contributed by atoms with Crippen LogP contribution in [0.2, 0.25) is 0 Å². The molecular formula is C70H82BN. The van der Waals surface area contributed by atoms with E-state index in [0.717, 1.165) is 12.8 Å². The van der Waals surface area contributed by atoms with E-state index in [-0.39, 0.29) is 45.6 Å². The molecular weight excluding hydrogens is 866 g/mol. The highest BCUT2D eigenvalue weighted by Crippen LogP contribution is 2.51. The molecule has 0 fully saturated rings. The minimum atomic E-state index is 0.0596. The minimum Gasteiger partial charge on any atom is -0.310 e. The highest BCUT2D eigenvalue weighted by Gasteiger charge is 2.45. The van der Waals surface area contributed by atoms with E-state index in [0.29, 0.717) is 0 Å². The fourth-order valence-corrected chi connectivity index (χ4v) is 14.3. The third-order valence-corrected chi connectivity index (χ3v) is 18.2. The van der Waals surface area contributed by atoms with Crippen LogP contribution in [0, 0.1) is 27.7 Å². The third-order valence-electron chi connectivity index (χ3n) is 18.2. The number of hydrogen-bond acceptors (Lipinski definition) is 1. The fraction of sp³-hybridized carbons (Fsp3) is 0.400. The quantitative estimate of drug-likeness (QED) is 0.130. The number of aryl methyl sites for hydroxylation is 5. The van der Waals surface area contributed by atoms with Gasteiger partial charge in [-0.05, 0) is 190 Å². The van der Waals surface area contributed by atoms with Crippen LogP contribution in [0.3, 0.4) is 0 Å². The van der Waals surface area contributed by atoms with Crippen molar-refractivity contribution in [3.8, 4) is 0 Å². The van der Waals surface area contributed by atoms with Gasteiger partial charge in [0.25, 0.3) is 0 Å². The van der Waals surface area contributed by atoms with Crippen LogP contribution in [0.1, 0.15) is 198 Å². The van der Waals surface area contributed by atoms with Crippen LogP contribution in [0.15, 0.2) is 133 Å². The molecule has 2 unspecified atom stereocenters. The Balaban J connectivity index is 1.23. The van der Waals surface area contributed by atoms with Crippen LogP contribution in [0.4, 0.5) is 17.1 Å². The molecule has 7 aromatic rings. The van der Waals surface area contributed by atoms with Gasteiger partial charge >= 0.3 is 0 Å². The smallest absolute Gasteiger partial charge is 0.242 e. The van der Waals surface area contributed by atoms with Gasteiger partial charge in [0.1, 0.15) is 0 Å². The van der Waals surface area contributed by atoms with Crippen LogP contribution >= 0.6 is 0 Å². The SMILES string of the molecule is Cc1cc(C)c2c(c1)C(CCc1cc3c(cc1C)C(C)(C)CC3(C)C)c1cc(N(c3ccccc3)c3ccccc3)ccc1B2c1cc2c(cc1C(C)c1ccc(C(C)(C)C)cc1C)C(C)(C)CCC2(C)C. The number of fused-ring (bicyclic) bond motifs is 4. The van der Waals surface area contributed by atoms with Crippen LogP contribution < -0.4 is 21.3 Å². The van der Waals surface area contributed by atoms with Gasteiger partial charge in [0.15, 0.2) is 0 Å². The first-order valence-corrected chi connectivity index (χ1v) is 27.5. The molecule has 1 nitrogen and oxygen atoms in total. The predicted molar refractivity (Wildman–Crippen MR) is 313 cm³/mol. The van der Waals surface area contributed by atoms with Crippen LogP contribution in [-0.2, 0) is 33.5 Å². The van der Waals surface area contributed by atoms with Gasteiger partial charge in [0.2, 0.25) is 6.71 Å². The van der Waals surface area contributed by atoms with Crippen molar-refractivity contribution < 1.29 is 0 Å². The fourth-order valence-electron chi connectivity index (χ4n) is 14.3. The Morgan fingerprint density at radius 1 is 0.528 bits per heavy atom. The van der Waals surface area contributed by atoms with Crippen molar-refractivity contribution in [2.24, 2.45) is 0 Å². The molecule has 0 saturated carbocycles. The highest BCUT2D eigenvalue weighted by molar-refractivity contribution is 6.97. The second kappa shape index (κ2) is 17.8. The zero-order chi connectivity index (χ0) is 51.4. The number of benzene rings is 7. The Labute approximate surface area is 436 Å². The van der Waals surface area contributed by atoms with Gasteiger partial charge in [-0.25, -0.2) is 0 Å². The lowest BCUT2D eigenvalue weighted by atomic mass is 9.31. The maximum atomic E-state index is 2.74. The van der Waals surface area contributed by atoms with E-state index in [2.05, 4.69) is 249 Å². The Kier molecular flexibility index (Phi) is 12.4. The maximum absolute atomic E-state index is 2.74. The first kappa shape index (κ1) is 50.0. The molecule has 0 radical (unpaired) electrons. The average Bonchev–Trinajstić information content (AvgIpc) is 3.50. The van der Waals surface area contributed by atoms with Crippen molar-refractivity contribution in [3.63, 3.8) is 0 Å². The summed E-state index contributed by atoms with van der Waals surface area (Å²) in [5.74, 6) is 0.398. The molecule has 7 aromatic carbocycles. The molecule has 370 valence electrons. The van der Waals surface area contributed by atoms with Gasteiger partial charge in [0.05, 0.1) is 0 Å². The largest absolute Gasteiger partial charge is 0.310 e. The predicted octanol–water partition coefficient (Wildman–Crippen LogP) is 16.7. The van der Waals surface area contributed by atoms with Crippen molar-refractivity contribution >= 4 is 40.2 Å². The summed E-state index contributed by atoms with van der Waals surface area (Å²) in [5, 5.41) is 0. The highest BCUT2D eigenvalue weighted by atomic mass is 15.1. The number of nitrogens with zero attached hydrogens (tertiary/aromatic N) is 1. The number of rotatable bonds is 9. The van der Waals surface area contributed by atoms with Crippen molar-refractivity contribution in [3.05, 3.63) is 211 Å². The van der Waals surface area contributed by atoms with Gasteiger partial charge in [0, 0.05) is 28.9 Å². The standard InChI is InChI=1S/C70H82BN/c1-44-35-47(4)65-58(36-44)55(30-27-49-39-60-59(38-45(49)2)69(13,14)43-70(60,15)16)57-40-53(72(51-23-19-17-20-24-51)52-25-21-18-22-26-52)29-32-63(57)71(65)64-42-62-61(67(9,10)33-34-68(62,11)12)41-56(64)48(5)54-31-28-50(37-46(54)3)66(6,7)8/h17-26,28-29,31-32,35-42,48,55H,27,30,33-34,43H2,1-16H3. The molecule has 10 rings (SSSR count). The Bertz CT molecular complexity index is 3170. The molecule has 2 heteroatoms. The molecule has 1 aliphatic heterocycles. The minimum absolute atomic E-state index is 0.0596. The summed E-state index contributed by atoms with van der Waals surface area (Å²) in [6.07, 6.45) is 5.62. The van der Waals surface area contributed by atoms with Crippen molar-refractivity contribution in [1.82, 2.24) is 0 Å². The Morgan fingerprint density at radius 3 is 1.71 bits per heavy atom. The van der Waals surface area contributed by atoms with Crippen molar-refractivity contribution in [1.29, 1.82) is 0 Å². The van der Waals surface area contributed by atoms with Gasteiger partial charge in [-0.1, -0.05) is 208 Å². The summed E-state index contributed by atoms with van der Waals surface area (Å²) in [5.41, 5.74) is 29.1. The van der Waals surface area contributed by atoms with Crippen molar-refractivity contribution in [2.45, 2.75) is 182 Å². The normalized spacial score (nSPS) is 18.4. The van der Waals surface area contributed by atoms with Gasteiger partial charge in [-0.2, -0.15) is 0 Å². The van der Waals surface area contributed by atoms with E-state index in [1.165, 1.54) is 119 Å². The molecule has 0 aromatic heterocycles. The monoisotopic (exact) mass is 948 g/mol. The van der Waals surface area contributed by atoms with Crippen LogP contribution in [0.5, 0.6) is 0 Å². The topological polar surface area (TPSA) is 3.24 Å². The van der Waals surface area contributed by atoms with E-state index in [1.54, 1.807) is 11.1 Å². The summed E-state index contributed by atoms with van der Waals surface area (Å²) < 4.78 is 0. The van der Waals surface area contributed by atoms with Gasteiger partial charge in [-0.15, -0.1) is 0 Å². The zero-order valence-corrected chi connectivity index (χ0v) is 46.9. The summed E-state index contributed by atoms with van der Waals surface area (Å²) in [7, 11) is 0. The summed E-state index contributed by atoms with van der Waals surface area (Å²) in [6, 6.07) is 52.6.